The lowest BCUT2D eigenvalue weighted by Gasteiger charge is -2.15. The Bertz CT molecular complexity index is 989. The average molecular weight is 446 g/mol. The van der Waals surface area contributed by atoms with E-state index >= 15 is 0 Å². The molecule has 0 atom stereocenters. The van der Waals surface area contributed by atoms with E-state index in [0.29, 0.717) is 45.2 Å². The molecule has 0 aliphatic carbocycles. The van der Waals surface area contributed by atoms with Gasteiger partial charge in [0.15, 0.2) is 11.5 Å². The van der Waals surface area contributed by atoms with Crippen LogP contribution in [0, 0.1) is 0 Å². The van der Waals surface area contributed by atoms with Crippen LogP contribution in [0.5, 0.6) is 23.0 Å². The summed E-state index contributed by atoms with van der Waals surface area (Å²) < 4.78 is 21.8. The van der Waals surface area contributed by atoms with E-state index in [4.69, 9.17) is 31.2 Å². The van der Waals surface area contributed by atoms with E-state index in [-0.39, 0.29) is 5.91 Å². The number of nitrogens with zero attached hydrogens (tertiary/aromatic N) is 1. The predicted octanol–water partition coefficient (Wildman–Crippen LogP) is 4.16. The Labute approximate surface area is 185 Å². The van der Waals surface area contributed by atoms with Crippen LogP contribution in [0.2, 0.25) is 0 Å². The summed E-state index contributed by atoms with van der Waals surface area (Å²) in [6, 6.07) is 11.2. The highest BCUT2D eigenvalue weighted by Crippen LogP contribution is 2.35. The fraction of sp³-hybridized carbons (Fsp3) is 0.273. The van der Waals surface area contributed by atoms with Crippen molar-refractivity contribution in [3.63, 3.8) is 0 Å². The molecule has 6 nitrogen and oxygen atoms in total. The molecule has 8 heteroatoms. The van der Waals surface area contributed by atoms with Crippen molar-refractivity contribution in [2.75, 3.05) is 35.0 Å². The van der Waals surface area contributed by atoms with Crippen molar-refractivity contribution in [2.45, 2.75) is 6.42 Å². The van der Waals surface area contributed by atoms with E-state index in [1.165, 1.54) is 11.8 Å². The van der Waals surface area contributed by atoms with Gasteiger partial charge in [-0.05, 0) is 42.3 Å². The maximum Gasteiger partial charge on any atom is 0.266 e. The van der Waals surface area contributed by atoms with Gasteiger partial charge in [0.2, 0.25) is 0 Å². The van der Waals surface area contributed by atoms with Crippen molar-refractivity contribution in [2.24, 2.45) is 0 Å². The molecule has 0 radical (unpaired) electrons. The molecule has 1 saturated heterocycles. The molecule has 1 heterocycles. The predicted molar refractivity (Wildman–Crippen MR) is 123 cm³/mol. The molecule has 30 heavy (non-hydrogen) atoms. The van der Waals surface area contributed by atoms with Crippen molar-refractivity contribution in [3.8, 4) is 23.0 Å². The molecule has 0 spiro atoms. The molecule has 0 bridgehead atoms. The summed E-state index contributed by atoms with van der Waals surface area (Å²) >= 11 is 6.74. The molecule has 158 valence electrons. The summed E-state index contributed by atoms with van der Waals surface area (Å²) in [6.45, 7) is 0.483. The number of ether oxygens (including phenoxy) is 4. The summed E-state index contributed by atoms with van der Waals surface area (Å²) in [6.07, 6.45) is 2.44. The second-order valence-corrected chi connectivity index (χ2v) is 8.06. The Balaban J connectivity index is 1.74. The molecular formula is C22H23NO5S2. The van der Waals surface area contributed by atoms with E-state index in [2.05, 4.69) is 0 Å². The number of methoxy groups -OCH3 is 4. The van der Waals surface area contributed by atoms with Gasteiger partial charge in [0.05, 0.1) is 33.3 Å². The van der Waals surface area contributed by atoms with E-state index in [1.807, 2.05) is 30.3 Å². The first-order valence-electron chi connectivity index (χ1n) is 9.19. The standard InChI is InChI=1S/C22H23NO5S2/c1-25-16-7-6-15(18(13-16)27-3)12-20-21(24)23(22(29)30-20)10-9-14-5-8-17(26-2)19(11-14)28-4/h5-8,11-13H,9-10H2,1-4H3. The Kier molecular flexibility index (Phi) is 7.23. The van der Waals surface area contributed by atoms with Crippen molar-refractivity contribution < 1.29 is 23.7 Å². The number of amides is 1. The number of thiocarbonyl (C=S) groups is 1. The van der Waals surface area contributed by atoms with Gasteiger partial charge < -0.3 is 18.9 Å². The first-order valence-corrected chi connectivity index (χ1v) is 10.4. The maximum absolute atomic E-state index is 12.9. The highest BCUT2D eigenvalue weighted by atomic mass is 32.2. The van der Waals surface area contributed by atoms with Gasteiger partial charge in [-0.2, -0.15) is 0 Å². The van der Waals surface area contributed by atoms with Gasteiger partial charge in [-0.15, -0.1) is 0 Å². The zero-order chi connectivity index (χ0) is 21.7. The largest absolute Gasteiger partial charge is 0.497 e. The summed E-state index contributed by atoms with van der Waals surface area (Å²) in [5.41, 5.74) is 1.82. The lowest BCUT2D eigenvalue weighted by atomic mass is 10.1. The van der Waals surface area contributed by atoms with E-state index < -0.39 is 0 Å². The molecule has 0 N–H and O–H groups in total. The molecule has 0 saturated carbocycles. The number of rotatable bonds is 8. The second kappa shape index (κ2) is 9.86. The van der Waals surface area contributed by atoms with Crippen molar-refractivity contribution in [3.05, 3.63) is 52.4 Å². The van der Waals surface area contributed by atoms with Crippen LogP contribution in [-0.2, 0) is 11.2 Å². The third kappa shape index (κ3) is 4.71. The highest BCUT2D eigenvalue weighted by Gasteiger charge is 2.32. The third-order valence-electron chi connectivity index (χ3n) is 4.67. The number of hydrogen-bond acceptors (Lipinski definition) is 7. The number of benzene rings is 2. The molecule has 0 aromatic heterocycles. The molecule has 3 rings (SSSR count). The van der Waals surface area contributed by atoms with Crippen molar-refractivity contribution >= 4 is 40.3 Å². The fourth-order valence-electron chi connectivity index (χ4n) is 3.05. The zero-order valence-corrected chi connectivity index (χ0v) is 18.9. The number of thioether (sulfide) groups is 1. The van der Waals surface area contributed by atoms with Crippen LogP contribution in [0.3, 0.4) is 0 Å². The smallest absolute Gasteiger partial charge is 0.266 e. The van der Waals surface area contributed by atoms with Gasteiger partial charge in [0.25, 0.3) is 5.91 Å². The number of hydrogen-bond donors (Lipinski definition) is 0. The Hall–Kier alpha value is -2.71. The normalized spacial score (nSPS) is 14.9. The topological polar surface area (TPSA) is 57.2 Å². The minimum Gasteiger partial charge on any atom is -0.497 e. The Morgan fingerprint density at radius 1 is 0.933 bits per heavy atom. The molecule has 1 fully saturated rings. The summed E-state index contributed by atoms with van der Waals surface area (Å²) in [5, 5.41) is 0. The monoisotopic (exact) mass is 445 g/mol. The van der Waals surface area contributed by atoms with Gasteiger partial charge in [0.1, 0.15) is 15.8 Å². The molecule has 2 aromatic rings. The van der Waals surface area contributed by atoms with Crippen LogP contribution in [0.1, 0.15) is 11.1 Å². The molecule has 1 aliphatic rings. The number of carbonyl (C=O) groups excluding carboxylic acids is 1. The van der Waals surface area contributed by atoms with Gasteiger partial charge in [0, 0.05) is 18.2 Å². The summed E-state index contributed by atoms with van der Waals surface area (Å²) in [4.78, 5) is 15.1. The van der Waals surface area contributed by atoms with Crippen LogP contribution in [0.4, 0.5) is 0 Å². The van der Waals surface area contributed by atoms with Gasteiger partial charge in [-0.25, -0.2) is 0 Å². The van der Waals surface area contributed by atoms with Crippen LogP contribution >= 0.6 is 24.0 Å². The highest BCUT2D eigenvalue weighted by molar-refractivity contribution is 8.26. The molecule has 0 unspecified atom stereocenters. The van der Waals surface area contributed by atoms with Crippen LogP contribution in [0.15, 0.2) is 41.3 Å². The van der Waals surface area contributed by atoms with E-state index in [9.17, 15) is 4.79 Å². The Morgan fingerprint density at radius 3 is 2.33 bits per heavy atom. The first kappa shape index (κ1) is 22.0. The lowest BCUT2D eigenvalue weighted by Crippen LogP contribution is -2.30. The van der Waals surface area contributed by atoms with Crippen LogP contribution in [0.25, 0.3) is 6.08 Å². The average Bonchev–Trinajstić information content (AvgIpc) is 3.04. The quantitative estimate of drug-likeness (QED) is 0.447. The van der Waals surface area contributed by atoms with Gasteiger partial charge >= 0.3 is 0 Å². The molecule has 1 amide bonds. The van der Waals surface area contributed by atoms with Crippen molar-refractivity contribution in [1.82, 2.24) is 4.90 Å². The minimum absolute atomic E-state index is 0.108. The van der Waals surface area contributed by atoms with Gasteiger partial charge in [-0.3, -0.25) is 9.69 Å². The SMILES string of the molecule is COc1ccc(C=C2SC(=S)N(CCc3ccc(OC)c(OC)c3)C2=O)c(OC)c1. The molecule has 1 aliphatic heterocycles. The second-order valence-electron chi connectivity index (χ2n) is 6.38. The van der Waals surface area contributed by atoms with E-state index in [0.717, 1.165) is 11.1 Å². The first-order chi connectivity index (χ1) is 14.5. The Morgan fingerprint density at radius 2 is 1.67 bits per heavy atom. The summed E-state index contributed by atoms with van der Waals surface area (Å²) in [7, 11) is 6.38. The molecular weight excluding hydrogens is 422 g/mol. The fourth-order valence-corrected chi connectivity index (χ4v) is 4.35. The van der Waals surface area contributed by atoms with Gasteiger partial charge in [-0.1, -0.05) is 30.0 Å². The van der Waals surface area contributed by atoms with Crippen LogP contribution in [-0.4, -0.2) is 50.1 Å². The summed E-state index contributed by atoms with van der Waals surface area (Å²) in [5.74, 6) is 2.54. The zero-order valence-electron chi connectivity index (χ0n) is 17.3. The van der Waals surface area contributed by atoms with E-state index in [1.54, 1.807) is 45.5 Å². The van der Waals surface area contributed by atoms with Crippen LogP contribution < -0.4 is 18.9 Å². The minimum atomic E-state index is -0.108. The third-order valence-corrected chi connectivity index (χ3v) is 6.05. The molecule has 2 aromatic carbocycles. The lowest BCUT2D eigenvalue weighted by molar-refractivity contribution is -0.122. The van der Waals surface area contributed by atoms with Crippen molar-refractivity contribution in [1.29, 1.82) is 0 Å². The maximum atomic E-state index is 12.9. The number of carbonyl (C=O) groups is 1.